The highest BCUT2D eigenvalue weighted by molar-refractivity contribution is 7.98. The van der Waals surface area contributed by atoms with Gasteiger partial charge < -0.3 is 15.2 Å². The Balaban J connectivity index is 2.12. The number of carboxylic acids is 1. The molecule has 21 heavy (non-hydrogen) atoms. The van der Waals surface area contributed by atoms with E-state index in [2.05, 4.69) is 15.3 Å². The van der Waals surface area contributed by atoms with Crippen LogP contribution in [0, 0.1) is 5.92 Å². The third-order valence-electron chi connectivity index (χ3n) is 3.27. The Labute approximate surface area is 126 Å². The number of aliphatic carboxylic acids is 1. The molecular formula is C13H17N3O4S. The molecule has 114 valence electrons. The van der Waals surface area contributed by atoms with Crippen LogP contribution in [0.5, 0.6) is 0 Å². The van der Waals surface area contributed by atoms with Gasteiger partial charge in [0.15, 0.2) is 5.16 Å². The molecule has 0 unspecified atom stereocenters. The van der Waals surface area contributed by atoms with Crippen molar-refractivity contribution < 1.29 is 19.4 Å². The molecule has 0 aliphatic heterocycles. The maximum atomic E-state index is 11.9. The summed E-state index contributed by atoms with van der Waals surface area (Å²) in [6, 6.07) is 0.00360. The molecule has 0 radical (unpaired) electrons. The standard InChI is InChI=1S/C13H17N3O4S/c1-3-20-12(19)9-6-14-13(21-2)16-10(9)15-8-4-7(5-8)11(17)18/h6-8H,3-5H2,1-2H3,(H,17,18)(H,14,15,16). The fourth-order valence-corrected chi connectivity index (χ4v) is 2.40. The van der Waals surface area contributed by atoms with E-state index in [-0.39, 0.29) is 24.1 Å². The molecule has 7 nitrogen and oxygen atoms in total. The Kier molecular flexibility index (Phi) is 5.00. The molecule has 2 N–H and O–H groups in total. The van der Waals surface area contributed by atoms with Crippen LogP contribution in [-0.2, 0) is 9.53 Å². The van der Waals surface area contributed by atoms with Crippen LogP contribution in [0.4, 0.5) is 5.82 Å². The third kappa shape index (κ3) is 3.63. The second-order valence-corrected chi connectivity index (χ2v) is 5.46. The predicted octanol–water partition coefficient (Wildman–Crippen LogP) is 1.65. The van der Waals surface area contributed by atoms with Crippen LogP contribution in [0.1, 0.15) is 30.1 Å². The quantitative estimate of drug-likeness (QED) is 0.464. The van der Waals surface area contributed by atoms with E-state index in [9.17, 15) is 9.59 Å². The number of carbonyl (C=O) groups excluding carboxylic acids is 1. The Bertz CT molecular complexity index is 546. The molecule has 1 aromatic heterocycles. The number of hydrogen-bond acceptors (Lipinski definition) is 7. The summed E-state index contributed by atoms with van der Waals surface area (Å²) in [5.74, 6) is -1.19. The number of esters is 1. The van der Waals surface area contributed by atoms with Crippen LogP contribution in [0.15, 0.2) is 11.4 Å². The van der Waals surface area contributed by atoms with Crippen molar-refractivity contribution >= 4 is 29.5 Å². The normalized spacial score (nSPS) is 20.5. The predicted molar refractivity (Wildman–Crippen MR) is 77.5 cm³/mol. The summed E-state index contributed by atoms with van der Waals surface area (Å²) in [6.07, 6.45) is 4.33. The minimum atomic E-state index is -0.786. The number of nitrogens with zero attached hydrogens (tertiary/aromatic N) is 2. The first kappa shape index (κ1) is 15.6. The second-order valence-electron chi connectivity index (χ2n) is 4.69. The topological polar surface area (TPSA) is 101 Å². The number of thioether (sulfide) groups is 1. The second kappa shape index (κ2) is 6.75. The molecule has 0 spiro atoms. The van der Waals surface area contributed by atoms with Gasteiger partial charge >= 0.3 is 11.9 Å². The van der Waals surface area contributed by atoms with Crippen LogP contribution >= 0.6 is 11.8 Å². The van der Waals surface area contributed by atoms with Gasteiger partial charge in [-0.2, -0.15) is 0 Å². The van der Waals surface area contributed by atoms with E-state index in [1.807, 2.05) is 6.26 Å². The van der Waals surface area contributed by atoms with Crippen molar-refractivity contribution in [3.63, 3.8) is 0 Å². The molecule has 1 saturated carbocycles. The molecule has 8 heteroatoms. The van der Waals surface area contributed by atoms with Crippen molar-refractivity contribution in [3.05, 3.63) is 11.8 Å². The van der Waals surface area contributed by atoms with Crippen LogP contribution in [0.3, 0.4) is 0 Å². The van der Waals surface area contributed by atoms with Crippen molar-refractivity contribution in [1.29, 1.82) is 0 Å². The molecular weight excluding hydrogens is 294 g/mol. The van der Waals surface area contributed by atoms with Gasteiger partial charge in [-0.15, -0.1) is 0 Å². The Morgan fingerprint density at radius 1 is 1.52 bits per heavy atom. The number of aromatic nitrogens is 2. The Hall–Kier alpha value is -1.83. The molecule has 1 aromatic rings. The van der Waals surface area contributed by atoms with Crippen molar-refractivity contribution in [1.82, 2.24) is 9.97 Å². The van der Waals surface area contributed by atoms with Gasteiger partial charge in [-0.3, -0.25) is 4.79 Å². The molecule has 1 aliphatic carbocycles. The lowest BCUT2D eigenvalue weighted by Crippen LogP contribution is -2.40. The van der Waals surface area contributed by atoms with Crippen LogP contribution in [-0.4, -0.2) is 45.9 Å². The number of ether oxygens (including phenoxy) is 1. The Morgan fingerprint density at radius 2 is 2.24 bits per heavy atom. The summed E-state index contributed by atoms with van der Waals surface area (Å²) in [4.78, 5) is 31.0. The SMILES string of the molecule is CCOC(=O)c1cnc(SC)nc1NC1CC(C(=O)O)C1. The van der Waals surface area contributed by atoms with Gasteiger partial charge in [0.1, 0.15) is 11.4 Å². The van der Waals surface area contributed by atoms with Crippen molar-refractivity contribution in [3.8, 4) is 0 Å². The summed E-state index contributed by atoms with van der Waals surface area (Å²) in [5, 5.41) is 12.5. The fourth-order valence-electron chi connectivity index (χ4n) is 2.06. The van der Waals surface area contributed by atoms with Crippen LogP contribution in [0.2, 0.25) is 0 Å². The zero-order valence-electron chi connectivity index (χ0n) is 11.8. The lowest BCUT2D eigenvalue weighted by Gasteiger charge is -2.33. The minimum absolute atomic E-state index is 0.00360. The number of rotatable bonds is 6. The van der Waals surface area contributed by atoms with Gasteiger partial charge in [0.25, 0.3) is 0 Å². The minimum Gasteiger partial charge on any atom is -0.481 e. The zero-order valence-corrected chi connectivity index (χ0v) is 12.6. The lowest BCUT2D eigenvalue weighted by molar-refractivity contribution is -0.144. The highest BCUT2D eigenvalue weighted by atomic mass is 32.2. The van der Waals surface area contributed by atoms with E-state index in [0.29, 0.717) is 23.8 Å². The van der Waals surface area contributed by atoms with Crippen LogP contribution < -0.4 is 5.32 Å². The molecule has 0 amide bonds. The Morgan fingerprint density at radius 3 is 2.81 bits per heavy atom. The third-order valence-corrected chi connectivity index (χ3v) is 3.83. The molecule has 0 saturated heterocycles. The number of carbonyl (C=O) groups is 2. The summed E-state index contributed by atoms with van der Waals surface area (Å²) in [5.41, 5.74) is 0.272. The number of nitrogens with one attached hydrogen (secondary N) is 1. The largest absolute Gasteiger partial charge is 0.481 e. The van der Waals surface area contributed by atoms with Gasteiger partial charge in [-0.25, -0.2) is 14.8 Å². The number of hydrogen-bond donors (Lipinski definition) is 2. The monoisotopic (exact) mass is 311 g/mol. The van der Waals surface area contributed by atoms with Crippen molar-refractivity contribution in [2.24, 2.45) is 5.92 Å². The molecule has 1 heterocycles. The molecule has 0 aromatic carbocycles. The van der Waals surface area contributed by atoms with Gasteiger partial charge in [-0.05, 0) is 26.0 Å². The average Bonchev–Trinajstić information content (AvgIpc) is 2.41. The maximum Gasteiger partial charge on any atom is 0.343 e. The lowest BCUT2D eigenvalue weighted by atomic mass is 9.80. The van der Waals surface area contributed by atoms with E-state index >= 15 is 0 Å². The van der Waals surface area contributed by atoms with E-state index in [1.165, 1.54) is 18.0 Å². The molecule has 2 rings (SSSR count). The molecule has 0 bridgehead atoms. The molecule has 1 aliphatic rings. The van der Waals surface area contributed by atoms with Crippen molar-refractivity contribution in [2.45, 2.75) is 31.0 Å². The van der Waals surface area contributed by atoms with E-state index in [4.69, 9.17) is 9.84 Å². The van der Waals surface area contributed by atoms with Crippen LogP contribution in [0.25, 0.3) is 0 Å². The van der Waals surface area contributed by atoms with Gasteiger partial charge in [0.2, 0.25) is 0 Å². The number of anilines is 1. The highest BCUT2D eigenvalue weighted by Gasteiger charge is 2.35. The molecule has 1 fully saturated rings. The summed E-state index contributed by atoms with van der Waals surface area (Å²) in [6.45, 7) is 2.00. The fraction of sp³-hybridized carbons (Fsp3) is 0.538. The maximum absolute atomic E-state index is 11.9. The summed E-state index contributed by atoms with van der Waals surface area (Å²) >= 11 is 1.37. The highest BCUT2D eigenvalue weighted by Crippen LogP contribution is 2.31. The first-order valence-electron chi connectivity index (χ1n) is 6.62. The van der Waals surface area contributed by atoms with Gasteiger partial charge in [0, 0.05) is 12.2 Å². The van der Waals surface area contributed by atoms with E-state index in [1.54, 1.807) is 6.92 Å². The van der Waals surface area contributed by atoms with E-state index in [0.717, 1.165) is 0 Å². The first-order chi connectivity index (χ1) is 10.0. The van der Waals surface area contributed by atoms with Gasteiger partial charge in [0.05, 0.1) is 12.5 Å². The smallest absolute Gasteiger partial charge is 0.343 e. The summed E-state index contributed by atoms with van der Waals surface area (Å²) in [7, 11) is 0. The molecule has 0 atom stereocenters. The van der Waals surface area contributed by atoms with E-state index < -0.39 is 11.9 Å². The number of carboxylic acid groups (broad SMARTS) is 1. The average molecular weight is 311 g/mol. The zero-order chi connectivity index (χ0) is 15.4. The first-order valence-corrected chi connectivity index (χ1v) is 7.85. The van der Waals surface area contributed by atoms with Gasteiger partial charge in [-0.1, -0.05) is 11.8 Å². The summed E-state index contributed by atoms with van der Waals surface area (Å²) < 4.78 is 4.97. The van der Waals surface area contributed by atoms with Crippen molar-refractivity contribution in [2.75, 3.05) is 18.2 Å².